The van der Waals surface area contributed by atoms with E-state index in [1.807, 2.05) is 19.1 Å². The van der Waals surface area contributed by atoms with Crippen LogP contribution in [0.2, 0.25) is 0 Å². The Balaban J connectivity index is 3.03. The number of aliphatic hydroxyl groups is 2. The van der Waals surface area contributed by atoms with E-state index in [1.165, 1.54) is 6.42 Å². The van der Waals surface area contributed by atoms with Crippen molar-refractivity contribution in [3.63, 3.8) is 0 Å². The van der Waals surface area contributed by atoms with Gasteiger partial charge in [-0.15, -0.1) is 0 Å². The zero-order chi connectivity index (χ0) is 13.1. The Morgan fingerprint density at radius 1 is 1.41 bits per heavy atom. The Labute approximate surface area is 105 Å². The number of allylic oxidation sites excluding steroid dienone is 2. The first-order chi connectivity index (χ1) is 7.86. The molecule has 2 unspecified atom stereocenters. The van der Waals surface area contributed by atoms with E-state index in [4.69, 9.17) is 5.11 Å². The molecule has 2 N–H and O–H groups in total. The minimum Gasteiger partial charge on any atom is -0.392 e. The zero-order valence-corrected chi connectivity index (χ0v) is 11.5. The molecule has 0 aromatic heterocycles. The summed E-state index contributed by atoms with van der Waals surface area (Å²) in [5.41, 5.74) is 0.183. The summed E-state index contributed by atoms with van der Waals surface area (Å²) in [5, 5.41) is 19.8. The van der Waals surface area contributed by atoms with Crippen molar-refractivity contribution in [2.24, 2.45) is 11.3 Å². The monoisotopic (exact) mass is 238 g/mol. The summed E-state index contributed by atoms with van der Waals surface area (Å²) < 4.78 is 0. The first-order valence-electron chi connectivity index (χ1n) is 6.53. The molecule has 0 saturated heterocycles. The van der Waals surface area contributed by atoms with Gasteiger partial charge in [0, 0.05) is 0 Å². The molecule has 1 saturated carbocycles. The second-order valence-corrected chi connectivity index (χ2v) is 5.90. The maximum Gasteiger partial charge on any atom is 0.0933 e. The predicted molar refractivity (Wildman–Crippen MR) is 71.7 cm³/mol. The lowest BCUT2D eigenvalue weighted by molar-refractivity contribution is -0.103. The lowest BCUT2D eigenvalue weighted by atomic mass is 9.58. The van der Waals surface area contributed by atoms with Gasteiger partial charge in [0.2, 0.25) is 0 Å². The lowest BCUT2D eigenvalue weighted by Crippen LogP contribution is -2.53. The van der Waals surface area contributed by atoms with Crippen LogP contribution < -0.4 is 0 Å². The number of hydrogen-bond acceptors (Lipinski definition) is 2. The van der Waals surface area contributed by atoms with Gasteiger partial charge in [-0.25, -0.2) is 0 Å². The second kappa shape index (κ2) is 5.36. The molecule has 98 valence electrons. The van der Waals surface area contributed by atoms with Crippen molar-refractivity contribution in [3.05, 3.63) is 23.8 Å². The van der Waals surface area contributed by atoms with Gasteiger partial charge in [0.1, 0.15) is 0 Å². The summed E-state index contributed by atoms with van der Waals surface area (Å²) in [7, 11) is 0. The number of aliphatic hydroxyl groups excluding tert-OH is 1. The first kappa shape index (κ1) is 14.5. The molecule has 2 nitrogen and oxygen atoms in total. The fraction of sp³-hybridized carbons (Fsp3) is 0.733. The molecule has 2 atom stereocenters. The Bertz CT molecular complexity index is 315. The van der Waals surface area contributed by atoms with E-state index < -0.39 is 5.60 Å². The smallest absolute Gasteiger partial charge is 0.0933 e. The molecule has 0 radical (unpaired) electrons. The Morgan fingerprint density at radius 3 is 2.59 bits per heavy atom. The molecular weight excluding hydrogens is 212 g/mol. The van der Waals surface area contributed by atoms with Crippen LogP contribution in [0.1, 0.15) is 47.0 Å². The molecule has 0 heterocycles. The normalized spacial score (nSPS) is 34.2. The quantitative estimate of drug-likeness (QED) is 0.742. The van der Waals surface area contributed by atoms with Crippen molar-refractivity contribution in [3.8, 4) is 0 Å². The largest absolute Gasteiger partial charge is 0.392 e. The Kier molecular flexibility index (Phi) is 4.56. The third kappa shape index (κ3) is 2.63. The van der Waals surface area contributed by atoms with Gasteiger partial charge in [0.25, 0.3) is 0 Å². The molecule has 0 spiro atoms. The molecule has 2 heteroatoms. The maximum atomic E-state index is 11.1. The highest BCUT2D eigenvalue weighted by Crippen LogP contribution is 2.50. The van der Waals surface area contributed by atoms with Crippen molar-refractivity contribution < 1.29 is 10.2 Å². The maximum absolute atomic E-state index is 11.1. The van der Waals surface area contributed by atoms with Crippen LogP contribution in [0.4, 0.5) is 0 Å². The molecule has 1 aliphatic carbocycles. The molecule has 1 aliphatic rings. The van der Waals surface area contributed by atoms with Crippen LogP contribution in [0, 0.1) is 11.3 Å². The number of hydrogen-bond donors (Lipinski definition) is 2. The molecular formula is C15H26O2. The van der Waals surface area contributed by atoms with Crippen LogP contribution in [-0.2, 0) is 0 Å². The zero-order valence-electron chi connectivity index (χ0n) is 11.5. The van der Waals surface area contributed by atoms with Crippen LogP contribution in [0.3, 0.4) is 0 Å². The Morgan fingerprint density at radius 2 is 2.06 bits per heavy atom. The molecule has 0 bridgehead atoms. The summed E-state index contributed by atoms with van der Waals surface area (Å²) in [6.45, 7) is 8.46. The topological polar surface area (TPSA) is 40.5 Å². The van der Waals surface area contributed by atoms with Gasteiger partial charge in [-0.3, -0.25) is 0 Å². The minimum absolute atomic E-state index is 0.0428. The lowest BCUT2D eigenvalue weighted by Gasteiger charge is -2.51. The van der Waals surface area contributed by atoms with E-state index in [2.05, 4.69) is 20.8 Å². The minimum atomic E-state index is -0.731. The molecule has 17 heavy (non-hydrogen) atoms. The first-order valence-corrected chi connectivity index (χ1v) is 6.53. The van der Waals surface area contributed by atoms with Crippen LogP contribution in [-0.4, -0.2) is 22.4 Å². The van der Waals surface area contributed by atoms with E-state index in [0.29, 0.717) is 0 Å². The van der Waals surface area contributed by atoms with Crippen LogP contribution in [0.25, 0.3) is 0 Å². The third-order valence-electron chi connectivity index (χ3n) is 4.37. The average Bonchev–Trinajstić information content (AvgIpc) is 2.25. The molecule has 1 rings (SSSR count). The van der Waals surface area contributed by atoms with Crippen molar-refractivity contribution >= 4 is 0 Å². The molecule has 1 fully saturated rings. The molecule has 0 aliphatic heterocycles. The van der Waals surface area contributed by atoms with Crippen molar-refractivity contribution in [1.29, 1.82) is 0 Å². The van der Waals surface area contributed by atoms with Crippen LogP contribution in [0.15, 0.2) is 23.8 Å². The molecule has 0 aromatic rings. The predicted octanol–water partition coefficient (Wildman–Crippen LogP) is 3.06. The third-order valence-corrected chi connectivity index (χ3v) is 4.37. The van der Waals surface area contributed by atoms with Gasteiger partial charge < -0.3 is 10.2 Å². The summed E-state index contributed by atoms with van der Waals surface area (Å²) >= 11 is 0. The molecule has 0 amide bonds. The van der Waals surface area contributed by atoms with Gasteiger partial charge in [0.15, 0.2) is 0 Å². The van der Waals surface area contributed by atoms with Crippen molar-refractivity contribution in [1.82, 2.24) is 0 Å². The summed E-state index contributed by atoms with van der Waals surface area (Å²) in [6, 6.07) is 0. The standard InChI is InChI=1S/C15H26O2/c1-12(8-5-6-11-16)15(17)13(2)9-7-10-14(15,3)4/h5-6,8,13,16-17H,7,9-11H2,1-4H3. The number of rotatable bonds is 3. The van der Waals surface area contributed by atoms with Gasteiger partial charge in [0.05, 0.1) is 12.2 Å². The fourth-order valence-corrected chi connectivity index (χ4v) is 3.24. The summed E-state index contributed by atoms with van der Waals surface area (Å²) in [5.74, 6) is 0.282. The highest BCUT2D eigenvalue weighted by molar-refractivity contribution is 5.26. The van der Waals surface area contributed by atoms with E-state index in [-0.39, 0.29) is 17.9 Å². The summed E-state index contributed by atoms with van der Waals surface area (Å²) in [4.78, 5) is 0. The SMILES string of the molecule is CC(=CC=CCO)C1(O)C(C)CCCC1(C)C. The van der Waals surface area contributed by atoms with E-state index in [0.717, 1.165) is 18.4 Å². The van der Waals surface area contributed by atoms with Gasteiger partial charge >= 0.3 is 0 Å². The van der Waals surface area contributed by atoms with E-state index in [1.54, 1.807) is 6.08 Å². The van der Waals surface area contributed by atoms with Crippen molar-refractivity contribution in [2.45, 2.75) is 52.6 Å². The highest BCUT2D eigenvalue weighted by atomic mass is 16.3. The fourth-order valence-electron chi connectivity index (χ4n) is 3.24. The van der Waals surface area contributed by atoms with Gasteiger partial charge in [-0.05, 0) is 36.7 Å². The highest BCUT2D eigenvalue weighted by Gasteiger charge is 2.50. The Hall–Kier alpha value is -0.600. The van der Waals surface area contributed by atoms with Gasteiger partial charge in [-0.1, -0.05) is 45.4 Å². The van der Waals surface area contributed by atoms with Crippen molar-refractivity contribution in [2.75, 3.05) is 6.61 Å². The summed E-state index contributed by atoms with van der Waals surface area (Å²) in [6.07, 6.45) is 8.77. The molecule has 0 aromatic carbocycles. The van der Waals surface area contributed by atoms with Crippen LogP contribution >= 0.6 is 0 Å². The van der Waals surface area contributed by atoms with Gasteiger partial charge in [-0.2, -0.15) is 0 Å². The van der Waals surface area contributed by atoms with E-state index >= 15 is 0 Å². The van der Waals surface area contributed by atoms with Crippen LogP contribution in [0.5, 0.6) is 0 Å². The van der Waals surface area contributed by atoms with E-state index in [9.17, 15) is 5.11 Å². The second-order valence-electron chi connectivity index (χ2n) is 5.90. The average molecular weight is 238 g/mol.